The lowest BCUT2D eigenvalue weighted by atomic mass is 10.1. The van der Waals surface area contributed by atoms with Crippen LogP contribution in [0.1, 0.15) is 20.8 Å². The number of carbonyl (C=O) groups excluding carboxylic acids is 1. The predicted octanol–water partition coefficient (Wildman–Crippen LogP) is 5.85. The second-order valence-electron chi connectivity index (χ2n) is 5.39. The first-order chi connectivity index (χ1) is 12.8. The average Bonchev–Trinajstić information content (AvgIpc) is 3.04. The highest BCUT2D eigenvalue weighted by Crippen LogP contribution is 2.29. The summed E-state index contributed by atoms with van der Waals surface area (Å²) in [6.45, 7) is 0. The molecule has 0 fully saturated rings. The third-order valence-electron chi connectivity index (χ3n) is 3.57. The molecule has 3 rings (SSSR count). The molecule has 1 amide bonds. The maximum absolute atomic E-state index is 12.5. The topological polar surface area (TPSA) is 85.1 Å². The summed E-state index contributed by atoms with van der Waals surface area (Å²) in [7, 11) is 0. The van der Waals surface area contributed by atoms with E-state index in [1.807, 2.05) is 6.07 Å². The molecule has 0 atom stereocenters. The van der Waals surface area contributed by atoms with E-state index in [0.717, 1.165) is 10.4 Å². The summed E-state index contributed by atoms with van der Waals surface area (Å²) < 4.78 is 0. The second kappa shape index (κ2) is 8.22. The van der Waals surface area contributed by atoms with Gasteiger partial charge in [0.1, 0.15) is 5.56 Å². The number of benzene rings is 2. The Morgan fingerprint density at radius 2 is 1.96 bits per heavy atom. The number of amides is 1. The van der Waals surface area contributed by atoms with Gasteiger partial charge in [-0.15, -0.1) is 11.3 Å². The zero-order valence-corrected chi connectivity index (χ0v) is 16.5. The van der Waals surface area contributed by atoms with Crippen molar-refractivity contribution in [3.05, 3.63) is 83.8 Å². The number of anilines is 1. The van der Waals surface area contributed by atoms with Gasteiger partial charge in [0.2, 0.25) is 0 Å². The highest BCUT2D eigenvalue weighted by atomic mass is 35.5. The largest absolute Gasteiger partial charge is 0.298 e. The lowest BCUT2D eigenvalue weighted by Gasteiger charge is -2.05. The summed E-state index contributed by atoms with van der Waals surface area (Å²) >= 11 is 19.3. The van der Waals surface area contributed by atoms with Gasteiger partial charge in [-0.2, -0.15) is 0 Å². The van der Waals surface area contributed by atoms with Crippen LogP contribution in [0, 0.1) is 10.1 Å². The molecule has 3 aromatic rings. The van der Waals surface area contributed by atoms with Crippen molar-refractivity contribution in [1.29, 1.82) is 0 Å². The monoisotopic (exact) mass is 441 g/mol. The van der Waals surface area contributed by atoms with Crippen molar-refractivity contribution in [2.75, 3.05) is 5.32 Å². The smallest absolute Gasteiger partial charge is 0.283 e. The zero-order valence-electron chi connectivity index (χ0n) is 13.4. The van der Waals surface area contributed by atoms with E-state index < -0.39 is 10.8 Å². The molecular weight excluding hydrogens is 433 g/mol. The van der Waals surface area contributed by atoms with Crippen LogP contribution in [-0.2, 0) is 6.42 Å². The second-order valence-corrected chi connectivity index (χ2v) is 7.76. The maximum Gasteiger partial charge on any atom is 0.283 e. The van der Waals surface area contributed by atoms with Crippen LogP contribution >= 0.6 is 46.1 Å². The van der Waals surface area contributed by atoms with Crippen molar-refractivity contribution >= 4 is 62.9 Å². The molecule has 1 N–H and O–H groups in total. The van der Waals surface area contributed by atoms with E-state index in [1.165, 1.54) is 29.5 Å². The minimum atomic E-state index is -0.697. The van der Waals surface area contributed by atoms with Crippen LogP contribution in [0.5, 0.6) is 0 Å². The number of nitro groups is 1. The van der Waals surface area contributed by atoms with Crippen LogP contribution in [0.25, 0.3) is 0 Å². The number of nitrogens with zero attached hydrogens (tertiary/aromatic N) is 2. The molecule has 0 saturated heterocycles. The van der Waals surface area contributed by atoms with E-state index in [9.17, 15) is 14.9 Å². The fourth-order valence-corrected chi connectivity index (χ4v) is 3.91. The molecular formula is C17H10Cl3N3O3S. The lowest BCUT2D eigenvalue weighted by Crippen LogP contribution is -2.14. The Morgan fingerprint density at radius 1 is 1.19 bits per heavy atom. The third-order valence-corrected chi connectivity index (χ3v) is 5.38. The van der Waals surface area contributed by atoms with Gasteiger partial charge in [-0.25, -0.2) is 4.98 Å². The van der Waals surface area contributed by atoms with Crippen molar-refractivity contribution < 1.29 is 9.72 Å². The van der Waals surface area contributed by atoms with Gasteiger partial charge in [0.15, 0.2) is 5.13 Å². The van der Waals surface area contributed by atoms with E-state index in [0.29, 0.717) is 21.6 Å². The first-order valence-corrected chi connectivity index (χ1v) is 9.43. The molecule has 0 aliphatic rings. The molecule has 1 heterocycles. The molecule has 0 saturated carbocycles. The minimum Gasteiger partial charge on any atom is -0.298 e. The molecule has 0 bridgehead atoms. The summed E-state index contributed by atoms with van der Waals surface area (Å²) in [5.74, 6) is -0.697. The molecule has 27 heavy (non-hydrogen) atoms. The fourth-order valence-electron chi connectivity index (χ4n) is 2.35. The summed E-state index contributed by atoms with van der Waals surface area (Å²) in [5.41, 5.74) is 0.288. The van der Waals surface area contributed by atoms with Crippen LogP contribution in [0.3, 0.4) is 0 Å². The van der Waals surface area contributed by atoms with Crippen LogP contribution < -0.4 is 5.32 Å². The Balaban J connectivity index is 1.78. The average molecular weight is 443 g/mol. The van der Waals surface area contributed by atoms with E-state index in [4.69, 9.17) is 34.8 Å². The van der Waals surface area contributed by atoms with Crippen LogP contribution in [0.4, 0.5) is 10.8 Å². The van der Waals surface area contributed by atoms with Gasteiger partial charge in [-0.1, -0.05) is 46.9 Å². The number of hydrogen-bond acceptors (Lipinski definition) is 5. The van der Waals surface area contributed by atoms with E-state index in [1.54, 1.807) is 18.3 Å². The van der Waals surface area contributed by atoms with Crippen molar-refractivity contribution in [3.8, 4) is 0 Å². The molecule has 0 aliphatic carbocycles. The van der Waals surface area contributed by atoms with Gasteiger partial charge in [0.25, 0.3) is 11.6 Å². The summed E-state index contributed by atoms with van der Waals surface area (Å²) in [6.07, 6.45) is 2.11. The summed E-state index contributed by atoms with van der Waals surface area (Å²) in [5, 5.41) is 15.0. The fraction of sp³-hybridized carbons (Fsp3) is 0.0588. The molecule has 6 nitrogen and oxygen atoms in total. The van der Waals surface area contributed by atoms with Crippen molar-refractivity contribution in [2.45, 2.75) is 6.42 Å². The Hall–Kier alpha value is -2.19. The van der Waals surface area contributed by atoms with Crippen molar-refractivity contribution in [2.24, 2.45) is 0 Å². The number of thiazole rings is 1. The zero-order chi connectivity index (χ0) is 19.6. The number of halogens is 3. The van der Waals surface area contributed by atoms with Gasteiger partial charge < -0.3 is 0 Å². The number of aromatic nitrogens is 1. The van der Waals surface area contributed by atoms with Gasteiger partial charge in [0.05, 0.1) is 9.95 Å². The molecule has 0 aliphatic heterocycles. The molecule has 10 heteroatoms. The SMILES string of the molecule is O=C(Nc1ncc(Cc2ccc(Cl)cc2Cl)s1)c1c(Cl)cccc1[N+](=O)[O-]. The molecule has 0 spiro atoms. The normalized spacial score (nSPS) is 10.6. The first kappa shape index (κ1) is 19.6. The summed E-state index contributed by atoms with van der Waals surface area (Å²) in [4.78, 5) is 27.9. The quantitative estimate of drug-likeness (QED) is 0.396. The van der Waals surface area contributed by atoms with E-state index in [-0.39, 0.29) is 16.3 Å². The van der Waals surface area contributed by atoms with Gasteiger partial charge in [-0.05, 0) is 23.8 Å². The van der Waals surface area contributed by atoms with Crippen LogP contribution in [0.2, 0.25) is 15.1 Å². The van der Waals surface area contributed by atoms with Crippen LogP contribution in [-0.4, -0.2) is 15.8 Å². The number of hydrogen-bond donors (Lipinski definition) is 1. The first-order valence-electron chi connectivity index (χ1n) is 7.48. The Kier molecular flexibility index (Phi) is 5.96. The Labute approximate surface area is 172 Å². The molecule has 1 aromatic heterocycles. The van der Waals surface area contributed by atoms with E-state index >= 15 is 0 Å². The maximum atomic E-state index is 12.5. The van der Waals surface area contributed by atoms with Gasteiger partial charge in [-0.3, -0.25) is 20.2 Å². The van der Waals surface area contributed by atoms with Gasteiger partial charge in [0, 0.05) is 33.6 Å². The number of rotatable bonds is 5. The number of carbonyl (C=O) groups is 1. The minimum absolute atomic E-state index is 0.00794. The Morgan fingerprint density at radius 3 is 2.67 bits per heavy atom. The third kappa shape index (κ3) is 4.56. The van der Waals surface area contributed by atoms with E-state index in [2.05, 4.69) is 10.3 Å². The van der Waals surface area contributed by atoms with Crippen molar-refractivity contribution in [3.63, 3.8) is 0 Å². The number of nitro benzene ring substituents is 1. The highest BCUT2D eigenvalue weighted by Gasteiger charge is 2.24. The predicted molar refractivity (Wildman–Crippen MR) is 107 cm³/mol. The molecule has 138 valence electrons. The van der Waals surface area contributed by atoms with Gasteiger partial charge >= 0.3 is 0 Å². The lowest BCUT2D eigenvalue weighted by molar-refractivity contribution is -0.385. The standard InChI is InChI=1S/C17H10Cl3N3O3S/c18-10-5-4-9(13(20)7-10)6-11-8-21-17(27-11)22-16(24)15-12(19)2-1-3-14(15)23(25)26/h1-5,7-8H,6H2,(H,21,22,24). The molecule has 0 unspecified atom stereocenters. The molecule has 0 radical (unpaired) electrons. The summed E-state index contributed by atoms with van der Waals surface area (Å²) in [6, 6.07) is 9.25. The Bertz CT molecular complexity index is 1040. The molecule has 2 aromatic carbocycles. The van der Waals surface area contributed by atoms with Crippen LogP contribution in [0.15, 0.2) is 42.6 Å². The number of nitrogens with one attached hydrogen (secondary N) is 1. The van der Waals surface area contributed by atoms with Crippen molar-refractivity contribution in [1.82, 2.24) is 4.98 Å². The highest BCUT2D eigenvalue weighted by molar-refractivity contribution is 7.15.